The number of thioether (sulfide) groups is 1. The molecule has 8 heteroatoms. The van der Waals surface area contributed by atoms with Gasteiger partial charge in [0.1, 0.15) is 6.07 Å². The van der Waals surface area contributed by atoms with Gasteiger partial charge < -0.3 is 15.2 Å². The van der Waals surface area contributed by atoms with Gasteiger partial charge in [-0.1, -0.05) is 0 Å². The number of aliphatic hydroxyl groups is 1. The average molecular weight is 309 g/mol. The van der Waals surface area contributed by atoms with E-state index in [9.17, 15) is 14.7 Å². The number of rotatable bonds is 5. The van der Waals surface area contributed by atoms with Crippen LogP contribution in [-0.2, 0) is 14.3 Å². The van der Waals surface area contributed by atoms with Crippen molar-refractivity contribution in [1.82, 2.24) is 4.98 Å². The third-order valence-corrected chi connectivity index (χ3v) is 3.30. The first kappa shape index (κ1) is 16.9. The molecule has 1 rings (SSSR count). The van der Waals surface area contributed by atoms with E-state index in [2.05, 4.69) is 15.0 Å². The molecule has 7 nitrogen and oxygen atoms in total. The lowest BCUT2D eigenvalue weighted by Gasteiger charge is -2.20. The van der Waals surface area contributed by atoms with Crippen LogP contribution in [0.4, 0.5) is 5.69 Å². The zero-order valence-corrected chi connectivity index (χ0v) is 12.7. The Bertz CT molecular complexity index is 596. The van der Waals surface area contributed by atoms with Crippen molar-refractivity contribution in [3.8, 4) is 6.07 Å². The second-order valence-corrected chi connectivity index (χ2v) is 4.98. The topological polar surface area (TPSA) is 112 Å². The van der Waals surface area contributed by atoms with Crippen LogP contribution in [0.3, 0.4) is 0 Å². The second kappa shape index (κ2) is 7.06. The van der Waals surface area contributed by atoms with Crippen molar-refractivity contribution < 1.29 is 19.4 Å². The van der Waals surface area contributed by atoms with Gasteiger partial charge in [-0.25, -0.2) is 9.78 Å². The van der Waals surface area contributed by atoms with E-state index in [-0.39, 0.29) is 18.0 Å². The van der Waals surface area contributed by atoms with Gasteiger partial charge in [-0.05, 0) is 26.2 Å². The summed E-state index contributed by atoms with van der Waals surface area (Å²) in [6.07, 6.45) is 3.04. The minimum absolute atomic E-state index is 0.0529. The van der Waals surface area contributed by atoms with Crippen molar-refractivity contribution in [3.63, 3.8) is 0 Å². The molecule has 0 spiro atoms. The number of pyridine rings is 1. The molecule has 0 radical (unpaired) electrons. The summed E-state index contributed by atoms with van der Waals surface area (Å²) in [5, 5.41) is 21.1. The first-order valence-corrected chi connectivity index (χ1v) is 7.24. The van der Waals surface area contributed by atoms with E-state index in [1.165, 1.54) is 24.0 Å². The van der Waals surface area contributed by atoms with Gasteiger partial charge in [-0.2, -0.15) is 5.26 Å². The van der Waals surface area contributed by atoms with Crippen molar-refractivity contribution >= 4 is 29.3 Å². The lowest BCUT2D eigenvalue weighted by Crippen LogP contribution is -2.48. The van der Waals surface area contributed by atoms with E-state index in [1.54, 1.807) is 13.2 Å². The minimum Gasteiger partial charge on any atom is -0.463 e. The molecule has 0 fully saturated rings. The molecule has 0 aliphatic rings. The molecule has 1 unspecified atom stereocenters. The highest BCUT2D eigenvalue weighted by molar-refractivity contribution is 7.98. The molecule has 1 atom stereocenters. The molecule has 0 aliphatic heterocycles. The van der Waals surface area contributed by atoms with Gasteiger partial charge in [-0.3, -0.25) is 4.79 Å². The SMILES string of the molecule is CCOC(=O)C(C)(O)C(=O)Nc1cnc(C#N)c(SC)c1. The Balaban J connectivity index is 2.93. The molecule has 0 bridgehead atoms. The molecule has 0 saturated heterocycles. The van der Waals surface area contributed by atoms with E-state index >= 15 is 0 Å². The molecule has 112 valence electrons. The van der Waals surface area contributed by atoms with Crippen LogP contribution in [0.15, 0.2) is 17.2 Å². The molecule has 21 heavy (non-hydrogen) atoms. The molecule has 1 aromatic heterocycles. The quantitative estimate of drug-likeness (QED) is 0.472. The number of hydrogen-bond acceptors (Lipinski definition) is 7. The summed E-state index contributed by atoms with van der Waals surface area (Å²) in [5.41, 5.74) is -1.80. The number of esters is 1. The Labute approximate surface area is 126 Å². The molecular formula is C13H15N3O4S. The Morgan fingerprint density at radius 3 is 2.81 bits per heavy atom. The number of aromatic nitrogens is 1. The smallest absolute Gasteiger partial charge is 0.347 e. The fraction of sp³-hybridized carbons (Fsp3) is 0.385. The van der Waals surface area contributed by atoms with Gasteiger partial charge in [0, 0.05) is 4.90 Å². The van der Waals surface area contributed by atoms with E-state index in [1.807, 2.05) is 6.07 Å². The highest BCUT2D eigenvalue weighted by atomic mass is 32.2. The summed E-state index contributed by atoms with van der Waals surface area (Å²) in [6.45, 7) is 2.67. The molecule has 0 aliphatic carbocycles. The first-order chi connectivity index (χ1) is 9.86. The number of nitriles is 1. The van der Waals surface area contributed by atoms with Gasteiger partial charge in [-0.15, -0.1) is 11.8 Å². The minimum atomic E-state index is -2.30. The summed E-state index contributed by atoms with van der Waals surface area (Å²) in [5.74, 6) is -1.96. The Morgan fingerprint density at radius 2 is 2.29 bits per heavy atom. The standard InChI is InChI=1S/C13H15N3O4S/c1-4-20-12(18)13(2,19)11(17)16-8-5-10(21-3)9(6-14)15-7-8/h5,7,19H,4H2,1-3H3,(H,16,17). The normalized spacial score (nSPS) is 12.9. The van der Waals surface area contributed by atoms with Gasteiger partial charge in [0.25, 0.3) is 5.91 Å². The van der Waals surface area contributed by atoms with E-state index in [4.69, 9.17) is 5.26 Å². The Kier molecular flexibility index (Phi) is 5.69. The van der Waals surface area contributed by atoms with Crippen LogP contribution in [0.25, 0.3) is 0 Å². The van der Waals surface area contributed by atoms with Crippen molar-refractivity contribution in [1.29, 1.82) is 5.26 Å². The van der Waals surface area contributed by atoms with Crippen molar-refractivity contribution in [2.75, 3.05) is 18.2 Å². The van der Waals surface area contributed by atoms with E-state index in [0.717, 1.165) is 6.92 Å². The molecule has 1 amide bonds. The molecule has 1 heterocycles. The summed E-state index contributed by atoms with van der Waals surface area (Å²) >= 11 is 1.29. The number of amides is 1. The zero-order valence-electron chi connectivity index (χ0n) is 11.8. The van der Waals surface area contributed by atoms with Gasteiger partial charge in [0.15, 0.2) is 5.69 Å². The third-order valence-electron chi connectivity index (χ3n) is 2.55. The van der Waals surface area contributed by atoms with E-state index in [0.29, 0.717) is 4.90 Å². The van der Waals surface area contributed by atoms with Gasteiger partial charge in [0.05, 0.1) is 18.5 Å². The van der Waals surface area contributed by atoms with Crippen LogP contribution in [0.1, 0.15) is 19.5 Å². The highest BCUT2D eigenvalue weighted by Crippen LogP contribution is 2.22. The van der Waals surface area contributed by atoms with Crippen molar-refractivity contribution in [2.24, 2.45) is 0 Å². The number of ether oxygens (including phenoxy) is 1. The van der Waals surface area contributed by atoms with Crippen LogP contribution in [-0.4, -0.2) is 40.4 Å². The lowest BCUT2D eigenvalue weighted by molar-refractivity contribution is -0.167. The highest BCUT2D eigenvalue weighted by Gasteiger charge is 2.40. The third kappa shape index (κ3) is 3.93. The number of anilines is 1. The fourth-order valence-corrected chi connectivity index (χ4v) is 1.91. The maximum absolute atomic E-state index is 11.9. The molecule has 2 N–H and O–H groups in total. The molecule has 0 aromatic carbocycles. The predicted molar refractivity (Wildman–Crippen MR) is 76.6 cm³/mol. The monoisotopic (exact) mass is 309 g/mol. The van der Waals surface area contributed by atoms with Gasteiger partial charge in [0.2, 0.25) is 5.60 Å². The summed E-state index contributed by atoms with van der Waals surface area (Å²) in [7, 11) is 0. The lowest BCUT2D eigenvalue weighted by atomic mass is 10.1. The van der Waals surface area contributed by atoms with Crippen LogP contribution < -0.4 is 5.32 Å². The summed E-state index contributed by atoms with van der Waals surface area (Å²) in [4.78, 5) is 27.9. The number of hydrogen-bond donors (Lipinski definition) is 2. The molecule has 1 aromatic rings. The van der Waals surface area contributed by atoms with Crippen LogP contribution in [0, 0.1) is 11.3 Å². The summed E-state index contributed by atoms with van der Waals surface area (Å²) in [6, 6.07) is 3.46. The Morgan fingerprint density at radius 1 is 1.62 bits per heavy atom. The average Bonchev–Trinajstić information content (AvgIpc) is 2.47. The van der Waals surface area contributed by atoms with Crippen LogP contribution in [0.5, 0.6) is 0 Å². The van der Waals surface area contributed by atoms with Gasteiger partial charge >= 0.3 is 5.97 Å². The zero-order chi connectivity index (χ0) is 16.0. The number of nitrogens with zero attached hydrogens (tertiary/aromatic N) is 2. The number of nitrogens with one attached hydrogen (secondary N) is 1. The van der Waals surface area contributed by atoms with Crippen molar-refractivity contribution in [2.45, 2.75) is 24.3 Å². The number of carbonyl (C=O) groups excluding carboxylic acids is 2. The molecule has 0 saturated carbocycles. The number of carbonyl (C=O) groups is 2. The Hall–Kier alpha value is -2.11. The van der Waals surface area contributed by atoms with Crippen molar-refractivity contribution in [3.05, 3.63) is 18.0 Å². The first-order valence-electron chi connectivity index (χ1n) is 6.02. The fourth-order valence-electron chi connectivity index (χ4n) is 1.37. The maximum Gasteiger partial charge on any atom is 0.347 e. The predicted octanol–water partition coefficient (Wildman–Crippen LogP) is 0.928. The van der Waals surface area contributed by atoms with Crippen LogP contribution >= 0.6 is 11.8 Å². The van der Waals surface area contributed by atoms with E-state index < -0.39 is 17.5 Å². The maximum atomic E-state index is 11.9. The summed E-state index contributed by atoms with van der Waals surface area (Å²) < 4.78 is 4.63. The largest absolute Gasteiger partial charge is 0.463 e. The van der Waals surface area contributed by atoms with Crippen LogP contribution in [0.2, 0.25) is 0 Å². The molecular weight excluding hydrogens is 294 g/mol. The second-order valence-electron chi connectivity index (χ2n) is 4.13.